The maximum Gasteiger partial charge on any atom is 0.254 e. The molecule has 0 saturated carbocycles. The Labute approximate surface area is 263 Å². The van der Waals surface area contributed by atoms with Crippen molar-refractivity contribution in [2.75, 3.05) is 46.9 Å². The number of likely N-dealkylation sites (N-methyl/N-ethyl adjacent to an activating group) is 1. The van der Waals surface area contributed by atoms with Gasteiger partial charge in [0.05, 0.1) is 31.1 Å². The van der Waals surface area contributed by atoms with E-state index in [1.165, 1.54) is 14.2 Å². The van der Waals surface area contributed by atoms with Crippen LogP contribution in [0.2, 0.25) is 0 Å². The van der Waals surface area contributed by atoms with Crippen LogP contribution in [-0.4, -0.2) is 91.4 Å². The first-order valence-corrected chi connectivity index (χ1v) is 15.4. The predicted octanol–water partition coefficient (Wildman–Crippen LogP) is 2.95. The maximum absolute atomic E-state index is 14.3. The molecule has 2 saturated heterocycles. The molecule has 45 heavy (non-hydrogen) atoms. The number of H-pyrrole nitrogens is 1. The topological polar surface area (TPSA) is 133 Å². The molecule has 1 aromatic heterocycles. The number of aromatic amines is 1. The van der Waals surface area contributed by atoms with Gasteiger partial charge in [-0.1, -0.05) is 18.2 Å². The average Bonchev–Trinajstić information content (AvgIpc) is 3.67. The van der Waals surface area contributed by atoms with E-state index in [9.17, 15) is 19.2 Å². The number of ether oxygens (including phenoxy) is 2. The normalized spacial score (nSPS) is 19.8. The summed E-state index contributed by atoms with van der Waals surface area (Å²) in [7, 11) is 3.04. The second-order valence-electron chi connectivity index (χ2n) is 12.7. The summed E-state index contributed by atoms with van der Waals surface area (Å²) in [4.78, 5) is 60.3. The summed E-state index contributed by atoms with van der Waals surface area (Å²) in [6.45, 7) is 8.86. The van der Waals surface area contributed by atoms with Gasteiger partial charge in [0, 0.05) is 55.9 Å². The lowest BCUT2D eigenvalue weighted by molar-refractivity contribution is -0.143. The summed E-state index contributed by atoms with van der Waals surface area (Å²) in [5.74, 6) is -0.757. The largest absolute Gasteiger partial charge is 0.493 e. The zero-order chi connectivity index (χ0) is 32.5. The molecule has 240 valence electrons. The summed E-state index contributed by atoms with van der Waals surface area (Å²) in [6.07, 6.45) is 1.82. The Morgan fingerprint density at radius 3 is 2.44 bits per heavy atom. The number of amides is 4. The Hall–Kier alpha value is -4.54. The number of para-hydroxylation sites is 1. The first-order chi connectivity index (χ1) is 21.4. The predicted molar refractivity (Wildman–Crippen MR) is 170 cm³/mol. The number of fused-ring (bicyclic) bond motifs is 2. The number of piperidine rings is 1. The van der Waals surface area contributed by atoms with Crippen molar-refractivity contribution >= 4 is 34.5 Å². The van der Waals surface area contributed by atoms with Crippen molar-refractivity contribution in [2.24, 2.45) is 17.8 Å². The highest BCUT2D eigenvalue weighted by molar-refractivity contribution is 5.96. The highest BCUT2D eigenvalue weighted by Gasteiger charge is 2.49. The van der Waals surface area contributed by atoms with Gasteiger partial charge in [0.1, 0.15) is 0 Å². The Morgan fingerprint density at radius 1 is 1.00 bits per heavy atom. The summed E-state index contributed by atoms with van der Waals surface area (Å²) >= 11 is 0. The van der Waals surface area contributed by atoms with E-state index in [4.69, 9.17) is 9.47 Å². The number of carbonyl (C=O) groups is 4. The lowest BCUT2D eigenvalue weighted by Crippen LogP contribution is -2.56. The monoisotopic (exact) mass is 617 g/mol. The zero-order valence-electron chi connectivity index (χ0n) is 26.8. The number of hydrogen-bond donors (Lipinski definition) is 3. The second kappa shape index (κ2) is 12.8. The number of rotatable bonds is 9. The third-order valence-electron chi connectivity index (χ3n) is 9.06. The van der Waals surface area contributed by atoms with Gasteiger partial charge in [-0.05, 0) is 69.4 Å². The lowest BCUT2D eigenvalue weighted by Gasteiger charge is -2.42. The highest BCUT2D eigenvalue weighted by Crippen LogP contribution is 2.40. The molecule has 0 aliphatic carbocycles. The van der Waals surface area contributed by atoms with Crippen LogP contribution in [0.4, 0.5) is 0 Å². The molecule has 2 aliphatic heterocycles. The van der Waals surface area contributed by atoms with E-state index in [-0.39, 0.29) is 54.7 Å². The molecule has 0 radical (unpaired) electrons. The molecule has 3 unspecified atom stereocenters. The SMILES string of the molecule is CNC(=O)CNC(=O)C1CN(C(=O)C(C)(C)c2c[nH]c3ccccc23)CC2CN(C(=O)c3ccc(OC(C)C)c(OC)c3)CC21. The third-order valence-corrected chi connectivity index (χ3v) is 9.06. The van der Waals surface area contributed by atoms with Crippen LogP contribution < -0.4 is 20.1 Å². The van der Waals surface area contributed by atoms with Crippen molar-refractivity contribution in [1.82, 2.24) is 25.4 Å². The molecule has 3 atom stereocenters. The average molecular weight is 618 g/mol. The fourth-order valence-corrected chi connectivity index (χ4v) is 6.71. The number of nitrogens with zero attached hydrogens (tertiary/aromatic N) is 2. The molecular weight excluding hydrogens is 574 g/mol. The number of likely N-dealkylation sites (tertiary alicyclic amines) is 2. The number of nitrogens with one attached hydrogen (secondary N) is 3. The lowest BCUT2D eigenvalue weighted by atomic mass is 9.77. The van der Waals surface area contributed by atoms with Crippen LogP contribution in [0.25, 0.3) is 10.9 Å². The van der Waals surface area contributed by atoms with Crippen LogP contribution in [0.5, 0.6) is 11.5 Å². The van der Waals surface area contributed by atoms with Crippen LogP contribution in [0.1, 0.15) is 43.6 Å². The van der Waals surface area contributed by atoms with Gasteiger partial charge in [-0.3, -0.25) is 19.2 Å². The number of benzene rings is 2. The summed E-state index contributed by atoms with van der Waals surface area (Å²) in [5, 5.41) is 6.24. The number of hydrogen-bond acceptors (Lipinski definition) is 6. The van der Waals surface area contributed by atoms with Gasteiger partial charge in [-0.15, -0.1) is 0 Å². The first kappa shape index (κ1) is 31.9. The molecule has 0 spiro atoms. The molecule has 3 N–H and O–H groups in total. The molecule has 11 nitrogen and oxygen atoms in total. The molecule has 11 heteroatoms. The Kier molecular flexibility index (Phi) is 9.08. The van der Waals surface area contributed by atoms with E-state index in [2.05, 4.69) is 15.6 Å². The molecule has 3 heterocycles. The van der Waals surface area contributed by atoms with E-state index >= 15 is 0 Å². The van der Waals surface area contributed by atoms with Crippen molar-refractivity contribution in [1.29, 1.82) is 0 Å². The van der Waals surface area contributed by atoms with Crippen LogP contribution in [0.15, 0.2) is 48.7 Å². The minimum atomic E-state index is -0.875. The van der Waals surface area contributed by atoms with Crippen LogP contribution in [0.3, 0.4) is 0 Å². The maximum atomic E-state index is 14.3. The molecule has 4 amide bonds. The van der Waals surface area contributed by atoms with Gasteiger partial charge in [0.2, 0.25) is 17.7 Å². The first-order valence-electron chi connectivity index (χ1n) is 15.4. The van der Waals surface area contributed by atoms with Crippen LogP contribution in [0, 0.1) is 17.8 Å². The minimum Gasteiger partial charge on any atom is -0.493 e. The van der Waals surface area contributed by atoms with Gasteiger partial charge in [0.25, 0.3) is 5.91 Å². The van der Waals surface area contributed by atoms with E-state index in [0.29, 0.717) is 36.7 Å². The summed E-state index contributed by atoms with van der Waals surface area (Å²) < 4.78 is 11.3. The van der Waals surface area contributed by atoms with E-state index in [1.807, 2.05) is 58.2 Å². The molecule has 2 fully saturated rings. The second-order valence-corrected chi connectivity index (χ2v) is 12.7. The number of carbonyl (C=O) groups excluding carboxylic acids is 4. The fraction of sp³-hybridized carbons (Fsp3) is 0.471. The molecule has 0 bridgehead atoms. The Bertz CT molecular complexity index is 1600. The van der Waals surface area contributed by atoms with E-state index in [1.54, 1.807) is 28.0 Å². The van der Waals surface area contributed by atoms with Crippen LogP contribution >= 0.6 is 0 Å². The fourth-order valence-electron chi connectivity index (χ4n) is 6.71. The van der Waals surface area contributed by atoms with E-state index in [0.717, 1.165) is 16.5 Å². The standard InChI is InChI=1S/C34H43N5O6/c1-20(2)45-28-12-11-21(13-29(28)44-6)32(42)38-16-22-17-39(19-25(24(22)18-38)31(41)37-15-30(40)35-5)33(43)34(3,4)26-14-36-27-10-8-7-9-23(26)27/h7-14,20,22,24-25,36H,15-19H2,1-6H3,(H,35,40)(H,37,41). The smallest absolute Gasteiger partial charge is 0.254 e. The van der Waals surface area contributed by atoms with Crippen molar-refractivity contribution in [3.63, 3.8) is 0 Å². The molecular formula is C34H43N5O6. The van der Waals surface area contributed by atoms with Gasteiger partial charge < -0.3 is 34.9 Å². The zero-order valence-corrected chi connectivity index (χ0v) is 26.8. The van der Waals surface area contributed by atoms with Crippen molar-refractivity contribution < 1.29 is 28.7 Å². The quantitative estimate of drug-likeness (QED) is 0.338. The highest BCUT2D eigenvalue weighted by atomic mass is 16.5. The summed E-state index contributed by atoms with van der Waals surface area (Å²) in [5.41, 5.74) is 1.41. The van der Waals surface area contributed by atoms with Gasteiger partial charge in [-0.2, -0.15) is 0 Å². The molecule has 2 aliphatic rings. The van der Waals surface area contributed by atoms with Crippen molar-refractivity contribution in [3.05, 3.63) is 59.8 Å². The number of methoxy groups -OCH3 is 1. The molecule has 3 aromatic rings. The molecule has 2 aromatic carbocycles. The summed E-state index contributed by atoms with van der Waals surface area (Å²) in [6, 6.07) is 13.0. The van der Waals surface area contributed by atoms with E-state index < -0.39 is 11.3 Å². The Balaban J connectivity index is 1.40. The van der Waals surface area contributed by atoms with Gasteiger partial charge in [0.15, 0.2) is 11.5 Å². The minimum absolute atomic E-state index is 0.0553. The van der Waals surface area contributed by atoms with Crippen molar-refractivity contribution in [2.45, 2.75) is 39.2 Å². The van der Waals surface area contributed by atoms with Crippen molar-refractivity contribution in [3.8, 4) is 11.5 Å². The molecule has 5 rings (SSSR count). The van der Waals surface area contributed by atoms with Crippen LogP contribution in [-0.2, 0) is 19.8 Å². The van der Waals surface area contributed by atoms with Gasteiger partial charge >= 0.3 is 0 Å². The Morgan fingerprint density at radius 2 is 1.73 bits per heavy atom. The van der Waals surface area contributed by atoms with Gasteiger partial charge in [-0.25, -0.2) is 0 Å². The third kappa shape index (κ3) is 6.34. The number of aromatic nitrogens is 1.